The molecular weight excluding hydrogens is 469 g/mol. The molecule has 9 heteroatoms. The van der Waals surface area contributed by atoms with Gasteiger partial charge in [0, 0.05) is 25.6 Å². The van der Waals surface area contributed by atoms with Crippen molar-refractivity contribution >= 4 is 27.5 Å². The van der Waals surface area contributed by atoms with E-state index in [2.05, 4.69) is 5.32 Å². The van der Waals surface area contributed by atoms with Gasteiger partial charge in [0.15, 0.2) is 0 Å². The lowest BCUT2D eigenvalue weighted by atomic mass is 10.1. The van der Waals surface area contributed by atoms with Crippen LogP contribution in [0.5, 0.6) is 0 Å². The summed E-state index contributed by atoms with van der Waals surface area (Å²) in [5.74, 6) is -1.18. The largest absolute Gasteiger partial charge is 0.352 e. The molecule has 2 amide bonds. The molecule has 0 aliphatic heterocycles. The van der Waals surface area contributed by atoms with E-state index in [9.17, 15) is 22.4 Å². The van der Waals surface area contributed by atoms with Gasteiger partial charge in [-0.05, 0) is 51.3 Å². The Balaban J connectivity index is 2.17. The number of hydrogen-bond donors (Lipinski definition) is 1. The third kappa shape index (κ3) is 8.35. The molecule has 0 aliphatic carbocycles. The third-order valence-corrected chi connectivity index (χ3v) is 7.10. The second-order valence-corrected chi connectivity index (χ2v) is 10.8. The Labute approximate surface area is 208 Å². The molecule has 0 aliphatic rings. The predicted molar refractivity (Wildman–Crippen MR) is 137 cm³/mol. The molecule has 0 spiro atoms. The standard InChI is InChI=1S/C26H36FN3O4S/c1-6-20(3)28-26(32)21(4)29(18-22-15-13-19(2)14-16-22)25(31)12-9-17-30(35(5,33)34)24-11-8-7-10-23(24)27/h7-8,10-11,13-16,20-21H,6,9,12,17-18H2,1-5H3,(H,28,32)/t20-,21-/m0/s1. The number of para-hydroxylation sites is 1. The van der Waals surface area contributed by atoms with Crippen molar-refractivity contribution < 1.29 is 22.4 Å². The minimum absolute atomic E-state index is 0.00723. The first-order valence-corrected chi connectivity index (χ1v) is 13.7. The van der Waals surface area contributed by atoms with Crippen molar-refractivity contribution in [3.63, 3.8) is 0 Å². The van der Waals surface area contributed by atoms with Crippen LogP contribution in [-0.2, 0) is 26.2 Å². The van der Waals surface area contributed by atoms with Crippen molar-refractivity contribution in [1.82, 2.24) is 10.2 Å². The molecule has 0 saturated carbocycles. The van der Waals surface area contributed by atoms with Gasteiger partial charge in [0.25, 0.3) is 0 Å². The number of anilines is 1. The summed E-state index contributed by atoms with van der Waals surface area (Å²) in [5, 5.41) is 2.92. The average molecular weight is 506 g/mol. The lowest BCUT2D eigenvalue weighted by Crippen LogP contribution is -2.49. The van der Waals surface area contributed by atoms with E-state index in [1.807, 2.05) is 45.0 Å². The number of rotatable bonds is 12. The molecule has 1 N–H and O–H groups in total. The highest BCUT2D eigenvalue weighted by molar-refractivity contribution is 7.92. The van der Waals surface area contributed by atoms with Crippen molar-refractivity contribution in [3.05, 3.63) is 65.5 Å². The molecule has 0 unspecified atom stereocenters. The maximum absolute atomic E-state index is 14.3. The number of carbonyl (C=O) groups excluding carboxylic acids is 2. The second kappa shape index (κ2) is 12.7. The van der Waals surface area contributed by atoms with Crippen LogP contribution < -0.4 is 9.62 Å². The third-order valence-electron chi connectivity index (χ3n) is 5.92. The lowest BCUT2D eigenvalue weighted by Gasteiger charge is -2.30. The normalized spacial score (nSPS) is 13.1. The van der Waals surface area contributed by atoms with E-state index in [0.717, 1.165) is 28.1 Å². The molecule has 0 heterocycles. The zero-order valence-electron chi connectivity index (χ0n) is 21.1. The first-order valence-electron chi connectivity index (χ1n) is 11.8. The number of aryl methyl sites for hydroxylation is 1. The van der Waals surface area contributed by atoms with E-state index < -0.39 is 21.9 Å². The molecule has 7 nitrogen and oxygen atoms in total. The number of halogens is 1. The number of nitrogens with zero attached hydrogens (tertiary/aromatic N) is 2. The number of sulfonamides is 1. The Morgan fingerprint density at radius 1 is 1.06 bits per heavy atom. The van der Waals surface area contributed by atoms with E-state index in [-0.39, 0.29) is 49.5 Å². The molecule has 2 aromatic rings. The van der Waals surface area contributed by atoms with E-state index in [0.29, 0.717) is 0 Å². The summed E-state index contributed by atoms with van der Waals surface area (Å²) in [6, 6.07) is 12.6. The number of hydrogen-bond acceptors (Lipinski definition) is 4. The molecule has 2 atom stereocenters. The molecule has 192 valence electrons. The minimum atomic E-state index is -3.75. The Hall–Kier alpha value is -2.94. The summed E-state index contributed by atoms with van der Waals surface area (Å²) in [6.07, 6.45) is 1.95. The first-order chi connectivity index (χ1) is 16.4. The quantitative estimate of drug-likeness (QED) is 0.472. The molecule has 2 aromatic carbocycles. The Morgan fingerprint density at radius 3 is 2.26 bits per heavy atom. The zero-order chi connectivity index (χ0) is 26.2. The summed E-state index contributed by atoms with van der Waals surface area (Å²) >= 11 is 0. The summed E-state index contributed by atoms with van der Waals surface area (Å²) in [4.78, 5) is 27.6. The summed E-state index contributed by atoms with van der Waals surface area (Å²) in [6.45, 7) is 7.71. The van der Waals surface area contributed by atoms with Crippen LogP contribution in [-0.4, -0.2) is 50.0 Å². The Morgan fingerprint density at radius 2 is 1.69 bits per heavy atom. The van der Waals surface area contributed by atoms with E-state index in [4.69, 9.17) is 0 Å². The molecule has 2 rings (SSSR count). The van der Waals surface area contributed by atoms with Crippen molar-refractivity contribution in [3.8, 4) is 0 Å². The van der Waals surface area contributed by atoms with Crippen LogP contribution in [0, 0.1) is 12.7 Å². The minimum Gasteiger partial charge on any atom is -0.352 e. The van der Waals surface area contributed by atoms with Crippen LogP contribution in [0.1, 0.15) is 51.2 Å². The van der Waals surface area contributed by atoms with Crippen molar-refractivity contribution in [1.29, 1.82) is 0 Å². The number of amides is 2. The van der Waals surface area contributed by atoms with Gasteiger partial charge in [-0.15, -0.1) is 0 Å². The van der Waals surface area contributed by atoms with Crippen LogP contribution in [0.15, 0.2) is 48.5 Å². The van der Waals surface area contributed by atoms with E-state index in [1.165, 1.54) is 23.1 Å². The smallest absolute Gasteiger partial charge is 0.242 e. The molecular formula is C26H36FN3O4S. The first kappa shape index (κ1) is 28.3. The highest BCUT2D eigenvalue weighted by Gasteiger charge is 2.27. The van der Waals surface area contributed by atoms with Gasteiger partial charge < -0.3 is 10.2 Å². The summed E-state index contributed by atoms with van der Waals surface area (Å²) in [7, 11) is -3.75. The van der Waals surface area contributed by atoms with Crippen LogP contribution in [0.3, 0.4) is 0 Å². The van der Waals surface area contributed by atoms with Crippen molar-refractivity contribution in [2.75, 3.05) is 17.1 Å². The number of benzene rings is 2. The molecule has 35 heavy (non-hydrogen) atoms. The number of carbonyl (C=O) groups is 2. The Bertz CT molecular complexity index is 1110. The summed E-state index contributed by atoms with van der Waals surface area (Å²) < 4.78 is 39.8. The fraction of sp³-hybridized carbons (Fsp3) is 0.462. The molecule has 0 bridgehead atoms. The van der Waals surface area contributed by atoms with Crippen LogP contribution >= 0.6 is 0 Å². The van der Waals surface area contributed by atoms with E-state index in [1.54, 1.807) is 13.0 Å². The SMILES string of the molecule is CC[C@H](C)NC(=O)[C@H](C)N(Cc1ccc(C)cc1)C(=O)CCCN(c1ccccc1F)S(C)(=O)=O. The average Bonchev–Trinajstić information content (AvgIpc) is 2.80. The molecule has 0 aromatic heterocycles. The van der Waals surface area contributed by atoms with Gasteiger partial charge in [0.2, 0.25) is 21.8 Å². The van der Waals surface area contributed by atoms with Gasteiger partial charge in [-0.2, -0.15) is 0 Å². The zero-order valence-corrected chi connectivity index (χ0v) is 21.9. The monoisotopic (exact) mass is 505 g/mol. The second-order valence-electron chi connectivity index (χ2n) is 8.89. The van der Waals surface area contributed by atoms with Crippen LogP contribution in [0.2, 0.25) is 0 Å². The Kier molecular flexibility index (Phi) is 10.2. The van der Waals surface area contributed by atoms with Gasteiger partial charge in [-0.25, -0.2) is 12.8 Å². The molecule has 0 saturated heterocycles. The predicted octanol–water partition coefficient (Wildman–Crippen LogP) is 4.01. The van der Waals surface area contributed by atoms with Gasteiger partial charge in [0.05, 0.1) is 11.9 Å². The van der Waals surface area contributed by atoms with Crippen molar-refractivity contribution in [2.24, 2.45) is 0 Å². The van der Waals surface area contributed by atoms with E-state index >= 15 is 0 Å². The summed E-state index contributed by atoms with van der Waals surface area (Å²) in [5.41, 5.74) is 1.92. The maximum atomic E-state index is 14.3. The van der Waals surface area contributed by atoms with Crippen LogP contribution in [0.4, 0.5) is 10.1 Å². The molecule has 0 radical (unpaired) electrons. The van der Waals surface area contributed by atoms with Gasteiger partial charge in [-0.1, -0.05) is 48.9 Å². The fourth-order valence-electron chi connectivity index (χ4n) is 3.57. The lowest BCUT2D eigenvalue weighted by molar-refractivity contribution is -0.140. The topological polar surface area (TPSA) is 86.8 Å². The fourth-order valence-corrected chi connectivity index (χ4v) is 4.54. The van der Waals surface area contributed by atoms with Gasteiger partial charge in [-0.3, -0.25) is 13.9 Å². The molecule has 0 fully saturated rings. The van der Waals surface area contributed by atoms with Crippen LogP contribution in [0.25, 0.3) is 0 Å². The van der Waals surface area contributed by atoms with Gasteiger partial charge in [0.1, 0.15) is 11.9 Å². The highest BCUT2D eigenvalue weighted by Crippen LogP contribution is 2.22. The maximum Gasteiger partial charge on any atom is 0.242 e. The highest BCUT2D eigenvalue weighted by atomic mass is 32.2. The van der Waals surface area contributed by atoms with Crippen molar-refractivity contribution in [2.45, 2.75) is 65.6 Å². The number of nitrogens with one attached hydrogen (secondary N) is 1. The van der Waals surface area contributed by atoms with Gasteiger partial charge >= 0.3 is 0 Å².